The number of hydrogen-bond acceptors (Lipinski definition) is 6. The number of nitro groups is 1. The third kappa shape index (κ3) is 4.64. The third-order valence-corrected chi connectivity index (χ3v) is 5.34. The highest BCUT2D eigenvalue weighted by molar-refractivity contribution is 5.83. The van der Waals surface area contributed by atoms with E-state index in [0.29, 0.717) is 6.54 Å². The molecular formula is C23H21N5O6. The molecule has 0 fully saturated rings. The number of H-pyrrole nitrogens is 1. The van der Waals surface area contributed by atoms with Crippen LogP contribution in [0, 0.1) is 10.1 Å². The normalized spacial score (nSPS) is 11.2. The van der Waals surface area contributed by atoms with Gasteiger partial charge in [-0.2, -0.15) is 0 Å². The van der Waals surface area contributed by atoms with Crippen LogP contribution in [-0.4, -0.2) is 42.1 Å². The summed E-state index contributed by atoms with van der Waals surface area (Å²) >= 11 is 0. The summed E-state index contributed by atoms with van der Waals surface area (Å²) in [5.74, 6) is -1.32. The standard InChI is InChI=1S/C23H21N5O6/c1-25(11-15-5-3-2-4-6-15)12-16-7-8-26(13-16)19-10-18-17(9-20(19)28(33)34)24-22(31)23(32)27(18)14-21(29)30/h2-10,13H,11-12,14H2,1H3,(H,24,31)(H,29,30). The lowest BCUT2D eigenvalue weighted by molar-refractivity contribution is -0.384. The molecule has 0 radical (unpaired) electrons. The Labute approximate surface area is 192 Å². The Morgan fingerprint density at radius 3 is 2.50 bits per heavy atom. The van der Waals surface area contributed by atoms with E-state index in [1.165, 1.54) is 6.07 Å². The smallest absolute Gasteiger partial charge is 0.323 e. The van der Waals surface area contributed by atoms with Gasteiger partial charge >= 0.3 is 17.1 Å². The van der Waals surface area contributed by atoms with Crippen LogP contribution in [0.15, 0.2) is 70.5 Å². The number of carbonyl (C=O) groups is 1. The summed E-state index contributed by atoms with van der Waals surface area (Å²) in [5, 5.41) is 20.9. The Morgan fingerprint density at radius 2 is 1.82 bits per heavy atom. The van der Waals surface area contributed by atoms with Gasteiger partial charge in [0.1, 0.15) is 12.2 Å². The van der Waals surface area contributed by atoms with Crippen LogP contribution in [0.5, 0.6) is 0 Å². The van der Waals surface area contributed by atoms with Crippen molar-refractivity contribution >= 4 is 22.7 Å². The van der Waals surface area contributed by atoms with Gasteiger partial charge in [-0.1, -0.05) is 30.3 Å². The Balaban J connectivity index is 1.74. The van der Waals surface area contributed by atoms with E-state index in [4.69, 9.17) is 0 Å². The topological polar surface area (TPSA) is 143 Å². The molecule has 0 aliphatic rings. The number of benzene rings is 2. The van der Waals surface area contributed by atoms with Gasteiger partial charge in [0.25, 0.3) is 5.69 Å². The van der Waals surface area contributed by atoms with E-state index in [1.54, 1.807) is 17.0 Å². The van der Waals surface area contributed by atoms with Crippen molar-refractivity contribution in [2.75, 3.05) is 7.05 Å². The Hall–Kier alpha value is -4.51. The molecule has 174 valence electrons. The molecule has 0 aliphatic carbocycles. The lowest BCUT2D eigenvalue weighted by Gasteiger charge is -2.15. The molecule has 0 aliphatic heterocycles. The maximum atomic E-state index is 12.3. The van der Waals surface area contributed by atoms with Crippen LogP contribution in [0.3, 0.4) is 0 Å². The van der Waals surface area contributed by atoms with Crippen molar-refractivity contribution in [1.82, 2.24) is 19.0 Å². The summed E-state index contributed by atoms with van der Waals surface area (Å²) in [6.45, 7) is 0.551. The monoisotopic (exact) mass is 463 g/mol. The molecule has 11 nitrogen and oxygen atoms in total. The Kier molecular flexibility index (Phi) is 6.11. The highest BCUT2D eigenvalue weighted by atomic mass is 16.6. The molecule has 0 saturated heterocycles. The van der Waals surface area contributed by atoms with Gasteiger partial charge in [0, 0.05) is 31.5 Å². The molecule has 2 aromatic carbocycles. The molecule has 0 amide bonds. The zero-order chi connectivity index (χ0) is 24.4. The maximum Gasteiger partial charge on any atom is 0.323 e. The Bertz CT molecular complexity index is 1500. The van der Waals surface area contributed by atoms with Crippen molar-refractivity contribution in [3.8, 4) is 5.69 Å². The van der Waals surface area contributed by atoms with E-state index in [1.807, 2.05) is 43.4 Å². The van der Waals surface area contributed by atoms with Crippen molar-refractivity contribution in [2.45, 2.75) is 19.6 Å². The average molecular weight is 463 g/mol. The van der Waals surface area contributed by atoms with E-state index in [-0.39, 0.29) is 22.4 Å². The molecule has 11 heteroatoms. The van der Waals surface area contributed by atoms with Crippen LogP contribution in [0.25, 0.3) is 16.7 Å². The van der Waals surface area contributed by atoms with Crippen molar-refractivity contribution in [3.63, 3.8) is 0 Å². The van der Waals surface area contributed by atoms with E-state index < -0.39 is 28.6 Å². The largest absolute Gasteiger partial charge is 0.480 e. The highest BCUT2D eigenvalue weighted by Crippen LogP contribution is 2.28. The van der Waals surface area contributed by atoms with Crippen LogP contribution in [-0.2, 0) is 24.4 Å². The number of nitrogens with one attached hydrogen (secondary N) is 1. The minimum absolute atomic E-state index is 0.00345. The molecule has 0 atom stereocenters. The maximum absolute atomic E-state index is 12.3. The summed E-state index contributed by atoms with van der Waals surface area (Å²) in [6, 6.07) is 14.2. The summed E-state index contributed by atoms with van der Waals surface area (Å²) in [4.78, 5) is 51.0. The van der Waals surface area contributed by atoms with Gasteiger partial charge in [-0.3, -0.25) is 34.0 Å². The number of aromatic amines is 1. The van der Waals surface area contributed by atoms with E-state index in [2.05, 4.69) is 9.88 Å². The second-order valence-electron chi connectivity index (χ2n) is 7.94. The van der Waals surface area contributed by atoms with Crippen molar-refractivity contribution in [2.24, 2.45) is 0 Å². The summed E-state index contributed by atoms with van der Waals surface area (Å²) in [5.41, 5.74) is -0.146. The SMILES string of the molecule is CN(Cc1ccccc1)Cc1ccn(-c2cc3c(cc2[N+](=O)[O-])[nH]c(=O)c(=O)n3CC(=O)O)c1. The first-order chi connectivity index (χ1) is 16.2. The number of aromatic nitrogens is 3. The van der Waals surface area contributed by atoms with Gasteiger partial charge in [-0.05, 0) is 30.3 Å². The fourth-order valence-corrected chi connectivity index (χ4v) is 3.89. The van der Waals surface area contributed by atoms with Gasteiger partial charge in [0.2, 0.25) is 0 Å². The average Bonchev–Trinajstić information content (AvgIpc) is 3.24. The second-order valence-corrected chi connectivity index (χ2v) is 7.94. The molecule has 4 aromatic rings. The number of hydrogen-bond donors (Lipinski definition) is 2. The lowest BCUT2D eigenvalue weighted by Crippen LogP contribution is -2.37. The lowest BCUT2D eigenvalue weighted by atomic mass is 10.2. The fraction of sp³-hybridized carbons (Fsp3) is 0.174. The molecule has 0 unspecified atom stereocenters. The van der Waals surface area contributed by atoms with E-state index in [9.17, 15) is 29.6 Å². The Morgan fingerprint density at radius 1 is 1.12 bits per heavy atom. The second kappa shape index (κ2) is 9.16. The first-order valence-corrected chi connectivity index (χ1v) is 10.3. The molecule has 2 N–H and O–H groups in total. The predicted octanol–water partition coefficient (Wildman–Crippen LogP) is 2.11. The van der Waals surface area contributed by atoms with Crippen LogP contribution in [0.4, 0.5) is 5.69 Å². The van der Waals surface area contributed by atoms with Crippen LogP contribution in [0.1, 0.15) is 11.1 Å². The minimum Gasteiger partial charge on any atom is -0.480 e. The molecular weight excluding hydrogens is 442 g/mol. The first-order valence-electron chi connectivity index (χ1n) is 10.3. The number of nitro benzene ring substituents is 1. The summed E-state index contributed by atoms with van der Waals surface area (Å²) < 4.78 is 2.34. The molecule has 4 rings (SSSR count). The van der Waals surface area contributed by atoms with Gasteiger partial charge in [0.15, 0.2) is 0 Å². The van der Waals surface area contributed by atoms with Crippen molar-refractivity contribution in [1.29, 1.82) is 0 Å². The fourth-order valence-electron chi connectivity index (χ4n) is 3.89. The van der Waals surface area contributed by atoms with Crippen LogP contribution in [0.2, 0.25) is 0 Å². The molecule has 34 heavy (non-hydrogen) atoms. The molecule has 0 spiro atoms. The highest BCUT2D eigenvalue weighted by Gasteiger charge is 2.21. The molecule has 2 heterocycles. The van der Waals surface area contributed by atoms with E-state index in [0.717, 1.165) is 28.3 Å². The van der Waals surface area contributed by atoms with Gasteiger partial charge < -0.3 is 14.7 Å². The van der Waals surface area contributed by atoms with Gasteiger partial charge in [-0.25, -0.2) is 0 Å². The molecule has 0 saturated carbocycles. The summed E-state index contributed by atoms with van der Waals surface area (Å²) in [6.07, 6.45) is 3.40. The number of carboxylic acids is 1. The number of fused-ring (bicyclic) bond motifs is 1. The number of nitrogens with zero attached hydrogens (tertiary/aromatic N) is 4. The summed E-state index contributed by atoms with van der Waals surface area (Å²) in [7, 11) is 1.96. The van der Waals surface area contributed by atoms with Gasteiger partial charge in [-0.15, -0.1) is 0 Å². The van der Waals surface area contributed by atoms with E-state index >= 15 is 0 Å². The zero-order valence-corrected chi connectivity index (χ0v) is 18.2. The van der Waals surface area contributed by atoms with Crippen molar-refractivity contribution < 1.29 is 14.8 Å². The molecule has 0 bridgehead atoms. The first kappa shape index (κ1) is 22.7. The minimum atomic E-state index is -1.32. The molecule has 2 aromatic heterocycles. The number of aliphatic carboxylic acids is 1. The quantitative estimate of drug-likeness (QED) is 0.231. The number of carboxylic acid groups (broad SMARTS) is 1. The van der Waals surface area contributed by atoms with Crippen LogP contribution < -0.4 is 11.1 Å². The van der Waals surface area contributed by atoms with Crippen molar-refractivity contribution in [3.05, 3.63) is 103 Å². The number of rotatable bonds is 8. The predicted molar refractivity (Wildman–Crippen MR) is 124 cm³/mol. The third-order valence-electron chi connectivity index (χ3n) is 5.34. The zero-order valence-electron chi connectivity index (χ0n) is 18.2. The van der Waals surface area contributed by atoms with Gasteiger partial charge in [0.05, 0.1) is 16.0 Å². The van der Waals surface area contributed by atoms with Crippen LogP contribution >= 0.6 is 0 Å².